The van der Waals surface area contributed by atoms with Crippen LogP contribution in [0, 0.1) is 5.82 Å². The maximum atomic E-state index is 13.0. The number of aromatic nitrogens is 2. The Morgan fingerprint density at radius 3 is 2.53 bits per heavy atom. The van der Waals surface area contributed by atoms with Crippen molar-refractivity contribution in [2.45, 2.75) is 0 Å². The Kier molecular flexibility index (Phi) is 3.00. The molecule has 0 amide bonds. The lowest BCUT2D eigenvalue weighted by Crippen LogP contribution is -1.88. The molecule has 0 spiro atoms. The Balaban J connectivity index is 2.16. The van der Waals surface area contributed by atoms with E-state index in [1.54, 1.807) is 12.1 Å². The van der Waals surface area contributed by atoms with Gasteiger partial charge >= 0.3 is 0 Å². The molecule has 2 heterocycles. The van der Waals surface area contributed by atoms with E-state index >= 15 is 0 Å². The van der Waals surface area contributed by atoms with Crippen molar-refractivity contribution in [3.8, 4) is 21.7 Å². The van der Waals surface area contributed by atoms with Crippen molar-refractivity contribution in [1.29, 1.82) is 0 Å². The third-order valence-electron chi connectivity index (χ3n) is 2.75. The molecule has 0 aliphatic rings. The molecule has 0 saturated heterocycles. The van der Waals surface area contributed by atoms with Crippen molar-refractivity contribution in [2.75, 3.05) is 5.73 Å². The summed E-state index contributed by atoms with van der Waals surface area (Å²) in [5.41, 5.74) is 8.26. The average molecular weight is 294 g/mol. The van der Waals surface area contributed by atoms with E-state index in [1.807, 2.05) is 12.1 Å². The second kappa shape index (κ2) is 4.68. The van der Waals surface area contributed by atoms with Gasteiger partial charge in [0.2, 0.25) is 0 Å². The molecule has 3 N–H and O–H groups in total. The highest BCUT2D eigenvalue weighted by Crippen LogP contribution is 2.38. The molecule has 0 radical (unpaired) electrons. The fourth-order valence-electron chi connectivity index (χ4n) is 1.89. The van der Waals surface area contributed by atoms with Gasteiger partial charge in [0, 0.05) is 0 Å². The predicted octanol–water partition coefficient (Wildman–Crippen LogP) is 4.18. The molecular weight excluding hydrogens is 285 g/mol. The summed E-state index contributed by atoms with van der Waals surface area (Å²) in [5, 5.41) is 6.92. The van der Waals surface area contributed by atoms with Crippen LogP contribution >= 0.6 is 22.9 Å². The maximum absolute atomic E-state index is 13.0. The van der Waals surface area contributed by atoms with Crippen molar-refractivity contribution >= 4 is 28.8 Å². The Bertz CT molecular complexity index is 718. The van der Waals surface area contributed by atoms with E-state index in [0.29, 0.717) is 10.2 Å². The minimum atomic E-state index is -0.286. The number of benzene rings is 1. The van der Waals surface area contributed by atoms with Crippen LogP contribution in [0.3, 0.4) is 0 Å². The van der Waals surface area contributed by atoms with Crippen LogP contribution in [0.5, 0.6) is 0 Å². The number of nitrogens with zero attached hydrogens (tertiary/aromatic N) is 1. The van der Waals surface area contributed by atoms with Gasteiger partial charge in [-0.2, -0.15) is 5.10 Å². The smallest absolute Gasteiger partial charge is 0.153 e. The van der Waals surface area contributed by atoms with Crippen LogP contribution in [0.25, 0.3) is 21.7 Å². The molecule has 0 aliphatic carbocycles. The van der Waals surface area contributed by atoms with Crippen LogP contribution in [0.1, 0.15) is 0 Å². The van der Waals surface area contributed by atoms with E-state index < -0.39 is 0 Å². The number of rotatable bonds is 2. The summed E-state index contributed by atoms with van der Waals surface area (Å²) >= 11 is 7.37. The molecule has 1 aromatic carbocycles. The van der Waals surface area contributed by atoms with E-state index in [1.165, 1.54) is 23.5 Å². The highest BCUT2D eigenvalue weighted by molar-refractivity contribution is 7.19. The first-order valence-corrected chi connectivity index (χ1v) is 6.70. The normalized spacial score (nSPS) is 10.8. The van der Waals surface area contributed by atoms with Gasteiger partial charge in [-0.1, -0.05) is 23.7 Å². The zero-order valence-corrected chi connectivity index (χ0v) is 11.2. The number of thiophene rings is 1. The van der Waals surface area contributed by atoms with Crippen LogP contribution in [0.15, 0.2) is 36.4 Å². The van der Waals surface area contributed by atoms with Crippen LogP contribution < -0.4 is 5.73 Å². The first kappa shape index (κ1) is 12.2. The number of H-pyrrole nitrogens is 1. The van der Waals surface area contributed by atoms with Crippen molar-refractivity contribution in [3.05, 3.63) is 46.6 Å². The minimum absolute atomic E-state index is 0.286. The predicted molar refractivity (Wildman–Crippen MR) is 76.7 cm³/mol. The second-order valence-electron chi connectivity index (χ2n) is 3.97. The molecule has 0 saturated carbocycles. The van der Waals surface area contributed by atoms with Gasteiger partial charge in [-0.05, 0) is 29.8 Å². The SMILES string of the molecule is Nc1n[nH]c(-c2ccc(Cl)s2)c1-c1ccc(F)cc1. The Morgan fingerprint density at radius 2 is 1.89 bits per heavy atom. The van der Waals surface area contributed by atoms with Crippen LogP contribution in [-0.2, 0) is 0 Å². The topological polar surface area (TPSA) is 54.7 Å². The van der Waals surface area contributed by atoms with Crippen LogP contribution in [0.2, 0.25) is 4.34 Å². The molecule has 3 aromatic rings. The lowest BCUT2D eigenvalue weighted by Gasteiger charge is -2.02. The molecule has 19 heavy (non-hydrogen) atoms. The fraction of sp³-hybridized carbons (Fsp3) is 0. The first-order chi connectivity index (χ1) is 9.15. The van der Waals surface area contributed by atoms with E-state index in [2.05, 4.69) is 10.2 Å². The fourth-order valence-corrected chi connectivity index (χ4v) is 2.94. The maximum Gasteiger partial charge on any atom is 0.153 e. The number of anilines is 1. The van der Waals surface area contributed by atoms with Gasteiger partial charge in [-0.15, -0.1) is 11.3 Å². The first-order valence-electron chi connectivity index (χ1n) is 5.50. The number of halogens is 2. The summed E-state index contributed by atoms with van der Waals surface area (Å²) in [4.78, 5) is 0.938. The molecule has 0 atom stereocenters. The molecule has 2 aromatic heterocycles. The van der Waals surface area contributed by atoms with Gasteiger partial charge in [-0.25, -0.2) is 4.39 Å². The van der Waals surface area contributed by atoms with Gasteiger partial charge in [0.15, 0.2) is 5.82 Å². The zero-order chi connectivity index (χ0) is 13.4. The van der Waals surface area contributed by atoms with Crippen LogP contribution in [0.4, 0.5) is 10.2 Å². The highest BCUT2D eigenvalue weighted by atomic mass is 35.5. The Labute approximate surface area is 117 Å². The lowest BCUT2D eigenvalue weighted by atomic mass is 10.0. The standard InChI is InChI=1S/C13H9ClFN3S/c14-10-6-5-9(19-10)12-11(13(16)18-17-12)7-1-3-8(15)4-2-7/h1-6H,(H3,16,17,18). The van der Waals surface area contributed by atoms with Crippen LogP contribution in [-0.4, -0.2) is 10.2 Å². The van der Waals surface area contributed by atoms with E-state index in [-0.39, 0.29) is 5.82 Å². The Morgan fingerprint density at radius 1 is 1.16 bits per heavy atom. The second-order valence-corrected chi connectivity index (χ2v) is 5.68. The average Bonchev–Trinajstić information content (AvgIpc) is 2.97. The third-order valence-corrected chi connectivity index (χ3v) is 4.00. The summed E-state index contributed by atoms with van der Waals surface area (Å²) in [6.07, 6.45) is 0. The molecule has 6 heteroatoms. The number of nitrogen functional groups attached to an aromatic ring is 1. The van der Waals surface area contributed by atoms with Gasteiger partial charge in [0.05, 0.1) is 20.5 Å². The van der Waals surface area contributed by atoms with Gasteiger partial charge in [0.1, 0.15) is 5.82 Å². The molecule has 0 bridgehead atoms. The summed E-state index contributed by atoms with van der Waals surface area (Å²) in [5.74, 6) is 0.0951. The van der Waals surface area contributed by atoms with E-state index in [9.17, 15) is 4.39 Å². The van der Waals surface area contributed by atoms with Crippen molar-refractivity contribution in [1.82, 2.24) is 10.2 Å². The number of nitrogens with two attached hydrogens (primary N) is 1. The molecule has 3 nitrogen and oxygen atoms in total. The third kappa shape index (κ3) is 2.22. The van der Waals surface area contributed by atoms with Crippen molar-refractivity contribution in [2.24, 2.45) is 0 Å². The number of hydrogen-bond donors (Lipinski definition) is 2. The van der Waals surface area contributed by atoms with Crippen molar-refractivity contribution in [3.63, 3.8) is 0 Å². The van der Waals surface area contributed by atoms with Crippen molar-refractivity contribution < 1.29 is 4.39 Å². The summed E-state index contributed by atoms with van der Waals surface area (Å²) in [7, 11) is 0. The highest BCUT2D eigenvalue weighted by Gasteiger charge is 2.16. The largest absolute Gasteiger partial charge is 0.382 e. The van der Waals surface area contributed by atoms with Gasteiger partial charge < -0.3 is 5.73 Å². The number of hydrogen-bond acceptors (Lipinski definition) is 3. The number of aromatic amines is 1. The quantitative estimate of drug-likeness (QED) is 0.744. The Hall–Kier alpha value is -1.85. The zero-order valence-electron chi connectivity index (χ0n) is 9.65. The minimum Gasteiger partial charge on any atom is -0.382 e. The summed E-state index contributed by atoms with van der Waals surface area (Å²) in [6, 6.07) is 9.85. The lowest BCUT2D eigenvalue weighted by molar-refractivity contribution is 0.628. The molecule has 3 rings (SSSR count). The van der Waals surface area contributed by atoms with Gasteiger partial charge in [0.25, 0.3) is 0 Å². The number of nitrogens with one attached hydrogen (secondary N) is 1. The molecular formula is C13H9ClFN3S. The van der Waals surface area contributed by atoms with E-state index in [4.69, 9.17) is 17.3 Å². The molecule has 0 fully saturated rings. The molecule has 0 aliphatic heterocycles. The van der Waals surface area contributed by atoms with Gasteiger partial charge in [-0.3, -0.25) is 5.10 Å². The summed E-state index contributed by atoms with van der Waals surface area (Å²) in [6.45, 7) is 0. The van der Waals surface area contributed by atoms with E-state index in [0.717, 1.165) is 21.7 Å². The monoisotopic (exact) mass is 293 g/mol. The molecule has 96 valence electrons. The summed E-state index contributed by atoms with van der Waals surface area (Å²) < 4.78 is 13.7. The molecule has 0 unspecified atom stereocenters.